The number of hydrogen-bond acceptors (Lipinski definition) is 2. The van der Waals surface area contributed by atoms with Crippen LogP contribution >= 0.6 is 12.2 Å². The standard InChI is InChI=1S/C8H6FNS/c1-6-4-7(10-5-11)2-3-8(6)9/h2-4H,1H3. The Morgan fingerprint density at radius 1 is 1.55 bits per heavy atom. The first-order valence-corrected chi connectivity index (χ1v) is 3.49. The Bertz CT molecular complexity index is 316. The second kappa shape index (κ2) is 3.37. The summed E-state index contributed by atoms with van der Waals surface area (Å²) in [6, 6.07) is 4.54. The van der Waals surface area contributed by atoms with Gasteiger partial charge in [-0.05, 0) is 42.9 Å². The summed E-state index contributed by atoms with van der Waals surface area (Å²) >= 11 is 4.40. The molecule has 0 radical (unpaired) electrons. The number of isothiocyanates is 1. The summed E-state index contributed by atoms with van der Waals surface area (Å²) in [4.78, 5) is 3.71. The van der Waals surface area contributed by atoms with E-state index >= 15 is 0 Å². The summed E-state index contributed by atoms with van der Waals surface area (Å²) in [7, 11) is 0. The monoisotopic (exact) mass is 167 g/mol. The third-order valence-corrected chi connectivity index (χ3v) is 1.41. The second-order valence-corrected chi connectivity index (χ2v) is 2.32. The van der Waals surface area contributed by atoms with Crippen LogP contribution < -0.4 is 0 Å². The van der Waals surface area contributed by atoms with Gasteiger partial charge < -0.3 is 0 Å². The molecule has 1 aromatic rings. The summed E-state index contributed by atoms with van der Waals surface area (Å²) in [5, 5.41) is 2.22. The zero-order valence-corrected chi connectivity index (χ0v) is 6.78. The van der Waals surface area contributed by atoms with Gasteiger partial charge >= 0.3 is 0 Å². The Balaban J connectivity index is 3.14. The molecule has 1 aromatic carbocycles. The van der Waals surface area contributed by atoms with E-state index < -0.39 is 0 Å². The van der Waals surface area contributed by atoms with Crippen LogP contribution in [0.2, 0.25) is 0 Å². The Hall–Kier alpha value is -1.05. The number of aliphatic imine (C=N–C) groups is 1. The number of halogens is 1. The highest BCUT2D eigenvalue weighted by molar-refractivity contribution is 7.78. The van der Waals surface area contributed by atoms with E-state index in [-0.39, 0.29) is 5.82 Å². The number of benzene rings is 1. The van der Waals surface area contributed by atoms with Crippen LogP contribution in [0.3, 0.4) is 0 Å². The fourth-order valence-electron chi connectivity index (χ4n) is 0.751. The highest BCUT2D eigenvalue weighted by atomic mass is 32.1. The lowest BCUT2D eigenvalue weighted by atomic mass is 10.2. The van der Waals surface area contributed by atoms with Gasteiger partial charge in [-0.1, -0.05) is 0 Å². The van der Waals surface area contributed by atoms with Gasteiger partial charge in [0.05, 0.1) is 10.8 Å². The van der Waals surface area contributed by atoms with E-state index in [4.69, 9.17) is 0 Å². The number of rotatable bonds is 1. The maximum Gasteiger partial charge on any atom is 0.126 e. The van der Waals surface area contributed by atoms with Crippen molar-refractivity contribution < 1.29 is 4.39 Å². The minimum absolute atomic E-state index is 0.228. The fraction of sp³-hybridized carbons (Fsp3) is 0.125. The Kier molecular flexibility index (Phi) is 2.47. The molecule has 0 aliphatic heterocycles. The molecule has 0 heterocycles. The van der Waals surface area contributed by atoms with Crippen LogP contribution in [-0.2, 0) is 0 Å². The molecule has 0 N–H and O–H groups in total. The second-order valence-electron chi connectivity index (χ2n) is 2.14. The van der Waals surface area contributed by atoms with E-state index in [0.717, 1.165) is 0 Å². The largest absolute Gasteiger partial charge is 0.207 e. The molecule has 1 rings (SSSR count). The molecule has 0 aliphatic carbocycles. The van der Waals surface area contributed by atoms with Crippen molar-refractivity contribution in [2.24, 2.45) is 4.99 Å². The summed E-state index contributed by atoms with van der Waals surface area (Å²) < 4.78 is 12.7. The molecule has 0 atom stereocenters. The topological polar surface area (TPSA) is 12.4 Å². The first-order valence-electron chi connectivity index (χ1n) is 3.08. The van der Waals surface area contributed by atoms with E-state index in [1.165, 1.54) is 6.07 Å². The van der Waals surface area contributed by atoms with Gasteiger partial charge in [-0.2, -0.15) is 4.99 Å². The van der Waals surface area contributed by atoms with Crippen molar-refractivity contribution in [2.45, 2.75) is 6.92 Å². The molecule has 3 heteroatoms. The van der Waals surface area contributed by atoms with E-state index in [2.05, 4.69) is 22.4 Å². The molecule has 11 heavy (non-hydrogen) atoms. The van der Waals surface area contributed by atoms with Crippen molar-refractivity contribution in [3.63, 3.8) is 0 Å². The Labute approximate surface area is 69.6 Å². The van der Waals surface area contributed by atoms with Crippen molar-refractivity contribution in [3.05, 3.63) is 29.6 Å². The lowest BCUT2D eigenvalue weighted by molar-refractivity contribution is 0.618. The van der Waals surface area contributed by atoms with Crippen LogP contribution in [0.25, 0.3) is 0 Å². The summed E-state index contributed by atoms with van der Waals surface area (Å²) in [6.45, 7) is 1.68. The van der Waals surface area contributed by atoms with Gasteiger partial charge in [-0.25, -0.2) is 4.39 Å². The SMILES string of the molecule is Cc1cc(N=C=S)ccc1F. The average molecular weight is 167 g/mol. The van der Waals surface area contributed by atoms with Gasteiger partial charge in [0.15, 0.2) is 0 Å². The lowest BCUT2D eigenvalue weighted by Gasteiger charge is -1.94. The molecule has 0 fully saturated rings. The van der Waals surface area contributed by atoms with Gasteiger partial charge in [-0.3, -0.25) is 0 Å². The predicted molar refractivity (Wildman–Crippen MR) is 45.8 cm³/mol. The summed E-state index contributed by atoms with van der Waals surface area (Å²) in [5.41, 5.74) is 1.20. The van der Waals surface area contributed by atoms with Crippen molar-refractivity contribution in [3.8, 4) is 0 Å². The maximum atomic E-state index is 12.7. The van der Waals surface area contributed by atoms with Gasteiger partial charge in [-0.15, -0.1) is 0 Å². The van der Waals surface area contributed by atoms with Crippen LogP contribution in [0.1, 0.15) is 5.56 Å². The molecule has 0 unspecified atom stereocenters. The quantitative estimate of drug-likeness (QED) is 0.462. The zero-order valence-electron chi connectivity index (χ0n) is 5.97. The third kappa shape index (κ3) is 1.93. The average Bonchev–Trinajstić information content (AvgIpc) is 1.98. The summed E-state index contributed by atoms with van der Waals surface area (Å²) in [5.74, 6) is -0.228. The van der Waals surface area contributed by atoms with Crippen LogP contribution in [-0.4, -0.2) is 5.16 Å². The molecule has 1 nitrogen and oxygen atoms in total. The smallest absolute Gasteiger partial charge is 0.126 e. The van der Waals surface area contributed by atoms with E-state index in [0.29, 0.717) is 11.3 Å². The first-order chi connectivity index (χ1) is 5.24. The fourth-order valence-corrected chi connectivity index (χ4v) is 0.857. The normalized spacial score (nSPS) is 8.91. The van der Waals surface area contributed by atoms with Crippen LogP contribution in [0.4, 0.5) is 10.1 Å². The maximum absolute atomic E-state index is 12.7. The lowest BCUT2D eigenvalue weighted by Crippen LogP contribution is -1.78. The van der Waals surface area contributed by atoms with Crippen molar-refractivity contribution in [2.75, 3.05) is 0 Å². The van der Waals surface area contributed by atoms with Crippen molar-refractivity contribution in [1.82, 2.24) is 0 Å². The molecule has 0 saturated carbocycles. The molecule has 0 aromatic heterocycles. The van der Waals surface area contributed by atoms with Crippen molar-refractivity contribution in [1.29, 1.82) is 0 Å². The van der Waals surface area contributed by atoms with Gasteiger partial charge in [0.1, 0.15) is 5.82 Å². The van der Waals surface area contributed by atoms with Crippen LogP contribution in [0.5, 0.6) is 0 Å². The third-order valence-electron chi connectivity index (χ3n) is 1.32. The molecular weight excluding hydrogens is 161 g/mol. The molecule has 0 bridgehead atoms. The minimum atomic E-state index is -0.228. The van der Waals surface area contributed by atoms with E-state index in [1.807, 2.05) is 0 Å². The molecule has 0 amide bonds. The first kappa shape index (κ1) is 8.05. The minimum Gasteiger partial charge on any atom is -0.207 e. The van der Waals surface area contributed by atoms with Gasteiger partial charge in [0.2, 0.25) is 0 Å². The number of nitrogens with zero attached hydrogens (tertiary/aromatic N) is 1. The number of thiocarbonyl (C=S) groups is 1. The highest BCUT2D eigenvalue weighted by Crippen LogP contribution is 2.15. The van der Waals surface area contributed by atoms with E-state index in [1.54, 1.807) is 19.1 Å². The molecule has 0 saturated heterocycles. The molecule has 56 valence electrons. The number of aryl methyl sites for hydroxylation is 1. The molecular formula is C8H6FNS. The highest BCUT2D eigenvalue weighted by Gasteiger charge is 1.95. The van der Waals surface area contributed by atoms with Gasteiger partial charge in [0.25, 0.3) is 0 Å². The number of hydrogen-bond donors (Lipinski definition) is 0. The van der Waals surface area contributed by atoms with E-state index in [9.17, 15) is 4.39 Å². The predicted octanol–water partition coefficient (Wildman–Crippen LogP) is 2.87. The van der Waals surface area contributed by atoms with Crippen LogP contribution in [0.15, 0.2) is 23.2 Å². The Morgan fingerprint density at radius 3 is 2.82 bits per heavy atom. The Morgan fingerprint density at radius 2 is 2.27 bits per heavy atom. The summed E-state index contributed by atoms with van der Waals surface area (Å²) in [6.07, 6.45) is 0. The van der Waals surface area contributed by atoms with Crippen molar-refractivity contribution >= 4 is 23.1 Å². The zero-order chi connectivity index (χ0) is 8.27. The molecule has 0 spiro atoms. The molecule has 0 aliphatic rings. The van der Waals surface area contributed by atoms with Crippen LogP contribution in [0, 0.1) is 12.7 Å². The van der Waals surface area contributed by atoms with Gasteiger partial charge in [0, 0.05) is 0 Å².